The number of hydrogen-bond acceptors (Lipinski definition) is 4. The quantitative estimate of drug-likeness (QED) is 0.444. The van der Waals surface area contributed by atoms with Crippen molar-refractivity contribution in [2.45, 2.75) is 12.8 Å². The van der Waals surface area contributed by atoms with Gasteiger partial charge in [-0.25, -0.2) is 13.1 Å². The predicted molar refractivity (Wildman–Crippen MR) is 52.0 cm³/mol. The van der Waals surface area contributed by atoms with E-state index in [0.717, 1.165) is 32.2 Å². The van der Waals surface area contributed by atoms with Gasteiger partial charge in [-0.2, -0.15) is 0 Å². The minimum atomic E-state index is -3.04. The third-order valence-electron chi connectivity index (χ3n) is 1.41. The van der Waals surface area contributed by atoms with Crippen LogP contribution in [0.5, 0.6) is 0 Å². The summed E-state index contributed by atoms with van der Waals surface area (Å²) in [7, 11) is -3.04. The Labute approximate surface area is 79.6 Å². The summed E-state index contributed by atoms with van der Waals surface area (Å²) in [6, 6.07) is 0. The molecule has 0 aliphatic heterocycles. The van der Waals surface area contributed by atoms with E-state index < -0.39 is 10.0 Å². The monoisotopic (exact) mass is 210 g/mol. The van der Waals surface area contributed by atoms with Gasteiger partial charge in [-0.1, -0.05) is 0 Å². The molecule has 0 aromatic carbocycles. The Hall–Kier alpha value is -0.170. The van der Waals surface area contributed by atoms with E-state index in [1.54, 1.807) is 0 Å². The van der Waals surface area contributed by atoms with Gasteiger partial charge in [-0.05, 0) is 25.9 Å². The van der Waals surface area contributed by atoms with Gasteiger partial charge in [0, 0.05) is 13.2 Å². The van der Waals surface area contributed by atoms with Crippen LogP contribution in [0.4, 0.5) is 0 Å². The molecule has 0 aliphatic rings. The van der Waals surface area contributed by atoms with Gasteiger partial charge < -0.3 is 10.4 Å². The second kappa shape index (κ2) is 7.25. The fraction of sp³-hybridized carbons (Fsp3) is 1.00. The molecule has 0 heterocycles. The van der Waals surface area contributed by atoms with Crippen molar-refractivity contribution in [1.29, 1.82) is 0 Å². The summed E-state index contributed by atoms with van der Waals surface area (Å²) in [4.78, 5) is 0. The largest absolute Gasteiger partial charge is 0.396 e. The van der Waals surface area contributed by atoms with Gasteiger partial charge in [0.05, 0.1) is 6.26 Å². The molecule has 13 heavy (non-hydrogen) atoms. The summed E-state index contributed by atoms with van der Waals surface area (Å²) in [6.07, 6.45) is 2.64. The minimum absolute atomic E-state index is 0.189. The average molecular weight is 210 g/mol. The molecular formula is C7H18N2O3S. The highest BCUT2D eigenvalue weighted by molar-refractivity contribution is 7.88. The smallest absolute Gasteiger partial charge is 0.208 e. The van der Waals surface area contributed by atoms with E-state index in [9.17, 15) is 8.42 Å². The molecule has 0 bridgehead atoms. The summed E-state index contributed by atoms with van der Waals surface area (Å²) in [5.41, 5.74) is 0. The second-order valence-corrected chi connectivity index (χ2v) is 4.68. The van der Waals surface area contributed by atoms with E-state index in [-0.39, 0.29) is 6.61 Å². The maximum absolute atomic E-state index is 10.6. The lowest BCUT2D eigenvalue weighted by atomic mass is 10.4. The van der Waals surface area contributed by atoms with Gasteiger partial charge in [0.15, 0.2) is 0 Å². The first kappa shape index (κ1) is 12.8. The van der Waals surface area contributed by atoms with Gasteiger partial charge in [-0.15, -0.1) is 0 Å². The molecule has 6 heteroatoms. The molecular weight excluding hydrogens is 192 g/mol. The first-order valence-corrected chi connectivity index (χ1v) is 6.21. The number of aliphatic hydroxyl groups is 1. The summed E-state index contributed by atoms with van der Waals surface area (Å²) in [5, 5.41) is 11.5. The van der Waals surface area contributed by atoms with Crippen LogP contribution in [0, 0.1) is 0 Å². The topological polar surface area (TPSA) is 78.4 Å². The van der Waals surface area contributed by atoms with Crippen molar-refractivity contribution in [2.75, 3.05) is 32.5 Å². The molecule has 80 valence electrons. The van der Waals surface area contributed by atoms with E-state index in [1.165, 1.54) is 0 Å². The maximum atomic E-state index is 10.6. The molecule has 0 aliphatic carbocycles. The zero-order valence-electron chi connectivity index (χ0n) is 7.91. The fourth-order valence-corrected chi connectivity index (χ4v) is 1.32. The van der Waals surface area contributed by atoms with Crippen LogP contribution < -0.4 is 10.0 Å². The van der Waals surface area contributed by atoms with Crippen LogP contribution >= 0.6 is 0 Å². The molecule has 0 atom stereocenters. The van der Waals surface area contributed by atoms with Crippen molar-refractivity contribution < 1.29 is 13.5 Å². The Morgan fingerprint density at radius 1 is 1.15 bits per heavy atom. The van der Waals surface area contributed by atoms with Gasteiger partial charge in [0.2, 0.25) is 10.0 Å². The lowest BCUT2D eigenvalue weighted by molar-refractivity contribution is 0.286. The maximum Gasteiger partial charge on any atom is 0.208 e. The van der Waals surface area contributed by atoms with Crippen LogP contribution in [0.2, 0.25) is 0 Å². The van der Waals surface area contributed by atoms with Crippen LogP contribution in [-0.4, -0.2) is 46.0 Å². The number of nitrogens with one attached hydrogen (secondary N) is 2. The number of sulfonamides is 1. The molecule has 0 fully saturated rings. The summed E-state index contributed by atoms with van der Waals surface area (Å²) < 4.78 is 23.6. The second-order valence-electron chi connectivity index (χ2n) is 2.85. The standard InChI is InChI=1S/C7H18N2O3S/c1-13(11,12)9-6-2-4-8-5-3-7-10/h8-10H,2-7H2,1H3. The van der Waals surface area contributed by atoms with Gasteiger partial charge >= 0.3 is 0 Å². The highest BCUT2D eigenvalue weighted by Gasteiger charge is 1.97. The third-order valence-corrected chi connectivity index (χ3v) is 2.13. The molecule has 0 amide bonds. The van der Waals surface area contributed by atoms with Gasteiger partial charge in [-0.3, -0.25) is 0 Å². The Morgan fingerprint density at radius 3 is 2.31 bits per heavy atom. The molecule has 0 radical (unpaired) electrons. The summed E-state index contributed by atoms with van der Waals surface area (Å²) in [5.74, 6) is 0. The Kier molecular flexibility index (Phi) is 7.16. The molecule has 0 unspecified atom stereocenters. The van der Waals surface area contributed by atoms with Crippen molar-refractivity contribution in [3.05, 3.63) is 0 Å². The predicted octanol–water partition coefficient (Wildman–Crippen LogP) is -1.10. The Bertz CT molecular complexity index is 204. The van der Waals surface area contributed by atoms with Crippen molar-refractivity contribution >= 4 is 10.0 Å². The first-order chi connectivity index (χ1) is 6.06. The van der Waals surface area contributed by atoms with Crippen molar-refractivity contribution in [1.82, 2.24) is 10.0 Å². The zero-order valence-corrected chi connectivity index (χ0v) is 8.73. The van der Waals surface area contributed by atoms with Crippen molar-refractivity contribution in [2.24, 2.45) is 0 Å². The molecule has 0 saturated carbocycles. The van der Waals surface area contributed by atoms with Crippen LogP contribution in [0.3, 0.4) is 0 Å². The molecule has 0 saturated heterocycles. The van der Waals surface area contributed by atoms with E-state index in [4.69, 9.17) is 5.11 Å². The van der Waals surface area contributed by atoms with E-state index in [2.05, 4.69) is 10.0 Å². The lowest BCUT2D eigenvalue weighted by Crippen LogP contribution is -2.26. The van der Waals surface area contributed by atoms with Crippen LogP contribution in [0.15, 0.2) is 0 Å². The molecule has 0 spiro atoms. The SMILES string of the molecule is CS(=O)(=O)NCCCNCCCO. The Morgan fingerprint density at radius 2 is 1.77 bits per heavy atom. The van der Waals surface area contributed by atoms with Gasteiger partial charge in [0.1, 0.15) is 0 Å². The molecule has 5 nitrogen and oxygen atoms in total. The highest BCUT2D eigenvalue weighted by atomic mass is 32.2. The van der Waals surface area contributed by atoms with Crippen molar-refractivity contribution in [3.63, 3.8) is 0 Å². The number of aliphatic hydroxyl groups excluding tert-OH is 1. The average Bonchev–Trinajstić information content (AvgIpc) is 2.01. The fourth-order valence-electron chi connectivity index (χ4n) is 0.800. The van der Waals surface area contributed by atoms with Crippen LogP contribution in [0.1, 0.15) is 12.8 Å². The van der Waals surface area contributed by atoms with E-state index in [1.807, 2.05) is 0 Å². The number of rotatable bonds is 8. The molecule has 0 aromatic heterocycles. The normalized spacial score (nSPS) is 11.8. The Balaban J connectivity index is 3.09. The lowest BCUT2D eigenvalue weighted by Gasteiger charge is -2.03. The zero-order chi connectivity index (χ0) is 10.2. The highest BCUT2D eigenvalue weighted by Crippen LogP contribution is 1.79. The van der Waals surface area contributed by atoms with Crippen molar-refractivity contribution in [3.8, 4) is 0 Å². The third kappa shape index (κ3) is 11.8. The molecule has 0 rings (SSSR count). The molecule has 0 aromatic rings. The van der Waals surface area contributed by atoms with Crippen LogP contribution in [0.25, 0.3) is 0 Å². The van der Waals surface area contributed by atoms with E-state index in [0.29, 0.717) is 6.54 Å². The van der Waals surface area contributed by atoms with Gasteiger partial charge in [0.25, 0.3) is 0 Å². The summed E-state index contributed by atoms with van der Waals surface area (Å²) >= 11 is 0. The summed E-state index contributed by atoms with van der Waals surface area (Å²) in [6.45, 7) is 2.19. The van der Waals surface area contributed by atoms with E-state index >= 15 is 0 Å². The first-order valence-electron chi connectivity index (χ1n) is 4.32. The minimum Gasteiger partial charge on any atom is -0.396 e. The number of hydrogen-bond donors (Lipinski definition) is 3. The molecule has 3 N–H and O–H groups in total. The van der Waals surface area contributed by atoms with Crippen LogP contribution in [-0.2, 0) is 10.0 Å².